The SMILES string of the molecule is NC(=O)[C@@H]1CCCN1c1nc(Cl)nc2c1ccn2S(=O)(=O)Cc1ccccc1. The van der Waals surface area contributed by atoms with E-state index in [1.165, 1.54) is 6.20 Å². The highest BCUT2D eigenvalue weighted by Crippen LogP contribution is 2.32. The van der Waals surface area contributed by atoms with Gasteiger partial charge in [-0.25, -0.2) is 12.4 Å². The van der Waals surface area contributed by atoms with Crippen molar-refractivity contribution in [3.8, 4) is 0 Å². The zero-order valence-corrected chi connectivity index (χ0v) is 16.4. The van der Waals surface area contributed by atoms with Crippen molar-refractivity contribution in [2.75, 3.05) is 11.4 Å². The van der Waals surface area contributed by atoms with Crippen LogP contribution < -0.4 is 10.6 Å². The molecule has 146 valence electrons. The number of anilines is 1. The van der Waals surface area contributed by atoms with E-state index in [0.717, 1.165) is 10.4 Å². The van der Waals surface area contributed by atoms with Crippen LogP contribution in [0.2, 0.25) is 5.28 Å². The molecule has 0 spiro atoms. The molecule has 0 radical (unpaired) electrons. The van der Waals surface area contributed by atoms with Crippen LogP contribution in [0, 0.1) is 0 Å². The van der Waals surface area contributed by atoms with Crippen LogP contribution in [0.25, 0.3) is 11.0 Å². The molecule has 28 heavy (non-hydrogen) atoms. The third-order valence-electron chi connectivity index (χ3n) is 4.81. The fourth-order valence-corrected chi connectivity index (χ4v) is 5.13. The number of benzene rings is 1. The molecule has 0 aliphatic carbocycles. The minimum atomic E-state index is -3.73. The normalized spacial score (nSPS) is 17.3. The Kier molecular flexibility index (Phi) is 4.72. The summed E-state index contributed by atoms with van der Waals surface area (Å²) in [7, 11) is -3.73. The van der Waals surface area contributed by atoms with E-state index in [-0.39, 0.29) is 16.7 Å². The van der Waals surface area contributed by atoms with Crippen molar-refractivity contribution in [1.82, 2.24) is 13.9 Å². The minimum absolute atomic E-state index is 0.0903. The summed E-state index contributed by atoms with van der Waals surface area (Å²) in [6.07, 6.45) is 2.84. The summed E-state index contributed by atoms with van der Waals surface area (Å²) in [5, 5.41) is 0.418. The predicted octanol–water partition coefficient (Wildman–Crippen LogP) is 1.92. The number of carbonyl (C=O) groups excluding carboxylic acids is 1. The van der Waals surface area contributed by atoms with Crippen LogP contribution >= 0.6 is 11.6 Å². The second-order valence-corrected chi connectivity index (χ2v) is 8.84. The number of hydrogen-bond donors (Lipinski definition) is 1. The molecule has 0 unspecified atom stereocenters. The Morgan fingerprint density at radius 1 is 1.21 bits per heavy atom. The smallest absolute Gasteiger partial charge is 0.244 e. The van der Waals surface area contributed by atoms with Crippen molar-refractivity contribution in [2.24, 2.45) is 5.73 Å². The Bertz CT molecular complexity index is 1150. The summed E-state index contributed by atoms with van der Waals surface area (Å²) < 4.78 is 27.0. The first-order valence-corrected chi connectivity index (χ1v) is 10.7. The number of nitrogens with zero attached hydrogens (tertiary/aromatic N) is 4. The summed E-state index contributed by atoms with van der Waals surface area (Å²) in [5.74, 6) is -0.205. The molecule has 3 aromatic rings. The van der Waals surface area contributed by atoms with Gasteiger partial charge in [0.15, 0.2) is 5.65 Å². The van der Waals surface area contributed by atoms with Gasteiger partial charge < -0.3 is 10.6 Å². The average Bonchev–Trinajstić information content (AvgIpc) is 3.29. The summed E-state index contributed by atoms with van der Waals surface area (Å²) in [6.45, 7) is 0.581. The largest absolute Gasteiger partial charge is 0.368 e. The second kappa shape index (κ2) is 7.06. The van der Waals surface area contributed by atoms with Gasteiger partial charge in [0, 0.05) is 12.7 Å². The van der Waals surface area contributed by atoms with Crippen molar-refractivity contribution < 1.29 is 13.2 Å². The van der Waals surface area contributed by atoms with Gasteiger partial charge in [-0.2, -0.15) is 9.97 Å². The van der Waals surface area contributed by atoms with Gasteiger partial charge in [-0.3, -0.25) is 4.79 Å². The molecule has 3 heterocycles. The fourth-order valence-electron chi connectivity index (χ4n) is 3.56. The van der Waals surface area contributed by atoms with Crippen LogP contribution in [0.1, 0.15) is 18.4 Å². The quantitative estimate of drug-likeness (QED) is 0.632. The van der Waals surface area contributed by atoms with Gasteiger partial charge in [-0.05, 0) is 36.1 Å². The number of primary amides is 1. The zero-order valence-electron chi connectivity index (χ0n) is 14.8. The molecule has 1 aliphatic rings. The van der Waals surface area contributed by atoms with Crippen LogP contribution in [-0.2, 0) is 20.6 Å². The monoisotopic (exact) mass is 419 g/mol. The zero-order chi connectivity index (χ0) is 19.9. The molecule has 1 aliphatic heterocycles. The lowest BCUT2D eigenvalue weighted by atomic mass is 10.2. The van der Waals surface area contributed by atoms with Crippen LogP contribution in [0.4, 0.5) is 5.82 Å². The molecule has 4 rings (SSSR count). The molecule has 8 nitrogen and oxygen atoms in total. The van der Waals surface area contributed by atoms with Gasteiger partial charge >= 0.3 is 0 Å². The van der Waals surface area contributed by atoms with Gasteiger partial charge in [0.25, 0.3) is 0 Å². The van der Waals surface area contributed by atoms with Crippen LogP contribution in [-0.4, -0.2) is 40.9 Å². The van der Waals surface area contributed by atoms with E-state index in [1.807, 2.05) is 6.07 Å². The molecule has 1 aromatic carbocycles. The van der Waals surface area contributed by atoms with E-state index < -0.39 is 22.0 Å². The van der Waals surface area contributed by atoms with Crippen LogP contribution in [0.5, 0.6) is 0 Å². The Labute approximate surface area is 167 Å². The van der Waals surface area contributed by atoms with Gasteiger partial charge in [0.05, 0.1) is 11.1 Å². The molecule has 2 aromatic heterocycles. The second-order valence-electron chi connectivity index (χ2n) is 6.66. The van der Waals surface area contributed by atoms with Crippen molar-refractivity contribution in [2.45, 2.75) is 24.6 Å². The Morgan fingerprint density at radius 2 is 1.96 bits per heavy atom. The first-order valence-electron chi connectivity index (χ1n) is 8.74. The predicted molar refractivity (Wildman–Crippen MR) is 107 cm³/mol. The molecule has 1 atom stereocenters. The van der Waals surface area contributed by atoms with E-state index in [4.69, 9.17) is 17.3 Å². The third-order valence-corrected chi connectivity index (χ3v) is 6.57. The number of fused-ring (bicyclic) bond motifs is 1. The first-order chi connectivity index (χ1) is 13.4. The first kappa shape index (κ1) is 18.7. The summed E-state index contributed by atoms with van der Waals surface area (Å²) in [5.41, 5.74) is 6.36. The number of amides is 1. The highest BCUT2D eigenvalue weighted by atomic mass is 35.5. The van der Waals surface area contributed by atoms with Crippen molar-refractivity contribution in [1.29, 1.82) is 0 Å². The maximum atomic E-state index is 13.0. The van der Waals surface area contributed by atoms with Crippen molar-refractivity contribution >= 4 is 44.4 Å². The molecule has 2 N–H and O–H groups in total. The minimum Gasteiger partial charge on any atom is -0.368 e. The lowest BCUT2D eigenvalue weighted by molar-refractivity contribution is -0.119. The molecular formula is C18H18ClN5O3S. The highest BCUT2D eigenvalue weighted by molar-refractivity contribution is 7.89. The van der Waals surface area contributed by atoms with Crippen molar-refractivity contribution in [3.05, 3.63) is 53.4 Å². The highest BCUT2D eigenvalue weighted by Gasteiger charge is 2.32. The van der Waals surface area contributed by atoms with Gasteiger partial charge in [-0.1, -0.05) is 30.3 Å². The number of carbonyl (C=O) groups is 1. The molecule has 0 saturated carbocycles. The number of aromatic nitrogens is 3. The standard InChI is InChI=1S/C18H18ClN5O3S/c19-18-21-16(23-9-4-7-14(23)15(20)25)13-8-10-24(17(13)22-18)28(26,27)11-12-5-2-1-3-6-12/h1-3,5-6,8,10,14H,4,7,9,11H2,(H2,20,25)/t14-/m0/s1. The van der Waals surface area contributed by atoms with Gasteiger partial charge in [0.2, 0.25) is 21.2 Å². The summed E-state index contributed by atoms with van der Waals surface area (Å²) in [4.78, 5) is 21.9. The lowest BCUT2D eigenvalue weighted by Gasteiger charge is -2.23. The van der Waals surface area contributed by atoms with Gasteiger partial charge in [0.1, 0.15) is 11.9 Å². The average molecular weight is 420 g/mol. The van der Waals surface area contributed by atoms with Crippen LogP contribution in [0.15, 0.2) is 42.6 Å². The van der Waals surface area contributed by atoms with E-state index in [1.54, 1.807) is 35.2 Å². The van der Waals surface area contributed by atoms with E-state index >= 15 is 0 Å². The number of halogens is 1. The third kappa shape index (κ3) is 3.31. The molecule has 0 bridgehead atoms. The van der Waals surface area contributed by atoms with Crippen molar-refractivity contribution in [3.63, 3.8) is 0 Å². The Hall–Kier alpha value is -2.65. The molecule has 1 amide bonds. The number of nitrogens with two attached hydrogens (primary N) is 1. The van der Waals surface area contributed by atoms with Gasteiger partial charge in [-0.15, -0.1) is 0 Å². The summed E-state index contributed by atoms with van der Waals surface area (Å²) >= 11 is 6.10. The van der Waals surface area contributed by atoms with E-state index in [9.17, 15) is 13.2 Å². The molecule has 1 fully saturated rings. The molecular weight excluding hydrogens is 402 g/mol. The maximum absolute atomic E-state index is 13.0. The van der Waals surface area contributed by atoms with Crippen LogP contribution in [0.3, 0.4) is 0 Å². The lowest BCUT2D eigenvalue weighted by Crippen LogP contribution is -2.40. The Morgan fingerprint density at radius 3 is 2.68 bits per heavy atom. The molecule has 10 heteroatoms. The number of rotatable bonds is 5. The fraction of sp³-hybridized carbons (Fsp3) is 0.278. The summed E-state index contributed by atoms with van der Waals surface area (Å²) in [6, 6.07) is 10.0. The topological polar surface area (TPSA) is 111 Å². The van der Waals surface area contributed by atoms with E-state index in [2.05, 4.69) is 9.97 Å². The number of hydrogen-bond acceptors (Lipinski definition) is 6. The van der Waals surface area contributed by atoms with E-state index in [0.29, 0.717) is 29.7 Å². The molecule has 1 saturated heterocycles. The maximum Gasteiger partial charge on any atom is 0.244 e. The Balaban J connectivity index is 1.81.